The normalized spacial score (nSPS) is 11.4. The molecule has 0 unspecified atom stereocenters. The first-order chi connectivity index (χ1) is 15.7. The Morgan fingerprint density at radius 3 is 2.22 bits per heavy atom. The molecule has 0 bridgehead atoms. The number of nitro benzene ring substituents is 1. The molecule has 0 aliphatic carbocycles. The number of nitrogens with zero attached hydrogens (tertiary/aromatic N) is 2. The van der Waals surface area contributed by atoms with E-state index < -0.39 is 0 Å². The number of rotatable bonds is 3. The fourth-order valence-electron chi connectivity index (χ4n) is 4.67. The summed E-state index contributed by atoms with van der Waals surface area (Å²) in [5, 5.41) is 16.3. The molecule has 0 fully saturated rings. The minimum absolute atomic E-state index is 0.111. The highest BCUT2D eigenvalue weighted by molar-refractivity contribution is 6.19. The van der Waals surface area contributed by atoms with Gasteiger partial charge in [0.2, 0.25) is 0 Å². The molecule has 0 aliphatic rings. The Balaban J connectivity index is 1.77. The summed E-state index contributed by atoms with van der Waals surface area (Å²) in [6, 6.07) is 36.0. The monoisotopic (exact) mass is 414 g/mol. The molecule has 6 aromatic rings. The van der Waals surface area contributed by atoms with Crippen molar-refractivity contribution in [2.75, 3.05) is 0 Å². The van der Waals surface area contributed by atoms with Gasteiger partial charge in [-0.15, -0.1) is 0 Å². The van der Waals surface area contributed by atoms with E-state index in [0.29, 0.717) is 5.56 Å². The zero-order valence-electron chi connectivity index (χ0n) is 17.1. The second-order valence-electron chi connectivity index (χ2n) is 7.86. The Morgan fingerprint density at radius 2 is 1.38 bits per heavy atom. The average molecular weight is 414 g/mol. The van der Waals surface area contributed by atoms with Crippen molar-refractivity contribution in [3.8, 4) is 16.8 Å². The highest BCUT2D eigenvalue weighted by Gasteiger charge is 2.18. The molecule has 0 saturated heterocycles. The third-order valence-corrected chi connectivity index (χ3v) is 6.08. The maximum absolute atomic E-state index is 11.6. The van der Waals surface area contributed by atoms with E-state index >= 15 is 0 Å². The van der Waals surface area contributed by atoms with Gasteiger partial charge in [0.15, 0.2) is 0 Å². The first-order valence-electron chi connectivity index (χ1n) is 10.5. The van der Waals surface area contributed by atoms with E-state index in [4.69, 9.17) is 0 Å². The molecule has 0 amide bonds. The molecular formula is C28H18N2O2. The fraction of sp³-hybridized carbons (Fsp3) is 0. The fourth-order valence-corrected chi connectivity index (χ4v) is 4.67. The molecule has 152 valence electrons. The maximum atomic E-state index is 11.6. The van der Waals surface area contributed by atoms with Gasteiger partial charge in [-0.25, -0.2) is 0 Å². The van der Waals surface area contributed by atoms with Crippen molar-refractivity contribution in [1.82, 2.24) is 4.57 Å². The molecule has 0 aliphatic heterocycles. The number of hydrogen-bond acceptors (Lipinski definition) is 2. The van der Waals surface area contributed by atoms with Crippen LogP contribution in [0.15, 0.2) is 109 Å². The Kier molecular flexibility index (Phi) is 4.05. The highest BCUT2D eigenvalue weighted by atomic mass is 16.6. The van der Waals surface area contributed by atoms with Gasteiger partial charge in [0.1, 0.15) is 0 Å². The third kappa shape index (κ3) is 2.70. The van der Waals surface area contributed by atoms with Crippen LogP contribution in [0.25, 0.3) is 49.4 Å². The summed E-state index contributed by atoms with van der Waals surface area (Å²) >= 11 is 0. The summed E-state index contributed by atoms with van der Waals surface area (Å²) in [5.74, 6) is 0. The van der Waals surface area contributed by atoms with Gasteiger partial charge >= 0.3 is 0 Å². The predicted molar refractivity (Wildman–Crippen MR) is 130 cm³/mol. The lowest BCUT2D eigenvalue weighted by molar-refractivity contribution is -0.384. The standard InChI is InChI=1S/C28H18N2O2/c31-30(32)26-13-7-6-11-22(26)20-15-16-24-25-17-14-19-8-4-5-12-23(19)28(25)29(27(24)18-20)21-9-2-1-3-10-21/h1-18H. The average Bonchev–Trinajstić information content (AvgIpc) is 3.18. The van der Waals surface area contributed by atoms with Crippen LogP contribution in [0.1, 0.15) is 0 Å². The van der Waals surface area contributed by atoms with Crippen molar-refractivity contribution in [3.63, 3.8) is 0 Å². The molecule has 1 aromatic heterocycles. The van der Waals surface area contributed by atoms with Crippen molar-refractivity contribution in [1.29, 1.82) is 0 Å². The van der Waals surface area contributed by atoms with E-state index in [1.807, 2.05) is 36.4 Å². The van der Waals surface area contributed by atoms with Crippen LogP contribution in [0, 0.1) is 10.1 Å². The summed E-state index contributed by atoms with van der Waals surface area (Å²) in [6.45, 7) is 0. The summed E-state index contributed by atoms with van der Waals surface area (Å²) in [5.41, 5.74) is 4.79. The van der Waals surface area contributed by atoms with Crippen LogP contribution in [-0.4, -0.2) is 9.49 Å². The van der Waals surface area contributed by atoms with Crippen LogP contribution in [0.4, 0.5) is 5.69 Å². The van der Waals surface area contributed by atoms with Crippen LogP contribution in [0.5, 0.6) is 0 Å². The quantitative estimate of drug-likeness (QED) is 0.222. The molecule has 0 spiro atoms. The van der Waals surface area contributed by atoms with Crippen LogP contribution in [0.3, 0.4) is 0 Å². The summed E-state index contributed by atoms with van der Waals surface area (Å²) in [4.78, 5) is 11.3. The van der Waals surface area contributed by atoms with Crippen LogP contribution < -0.4 is 0 Å². The summed E-state index contributed by atoms with van der Waals surface area (Å²) < 4.78 is 2.27. The SMILES string of the molecule is O=[N+]([O-])c1ccccc1-c1ccc2c3ccc4ccccc4c3n(-c3ccccc3)c2c1. The van der Waals surface area contributed by atoms with Gasteiger partial charge in [-0.1, -0.05) is 78.9 Å². The molecule has 0 radical (unpaired) electrons. The maximum Gasteiger partial charge on any atom is 0.277 e. The minimum atomic E-state index is -0.320. The lowest BCUT2D eigenvalue weighted by atomic mass is 10.0. The van der Waals surface area contributed by atoms with Gasteiger partial charge in [-0.05, 0) is 35.2 Å². The molecule has 32 heavy (non-hydrogen) atoms. The first kappa shape index (κ1) is 18.3. The van der Waals surface area contributed by atoms with Gasteiger partial charge in [-0.2, -0.15) is 0 Å². The molecule has 1 heterocycles. The van der Waals surface area contributed by atoms with Crippen LogP contribution in [0.2, 0.25) is 0 Å². The zero-order valence-corrected chi connectivity index (χ0v) is 17.1. The van der Waals surface area contributed by atoms with Crippen molar-refractivity contribution in [2.24, 2.45) is 0 Å². The molecule has 0 atom stereocenters. The Labute approximate surface area is 184 Å². The topological polar surface area (TPSA) is 48.1 Å². The number of hydrogen-bond donors (Lipinski definition) is 0. The van der Waals surface area contributed by atoms with Gasteiger partial charge in [0.25, 0.3) is 5.69 Å². The Hall–Kier alpha value is -4.44. The van der Waals surface area contributed by atoms with Gasteiger partial charge in [0.05, 0.1) is 21.5 Å². The second-order valence-corrected chi connectivity index (χ2v) is 7.86. The molecule has 4 nitrogen and oxygen atoms in total. The van der Waals surface area contributed by atoms with Crippen LogP contribution >= 0.6 is 0 Å². The second kappa shape index (κ2) is 7.06. The van der Waals surface area contributed by atoms with E-state index in [-0.39, 0.29) is 10.6 Å². The predicted octanol–water partition coefficient (Wildman–Crippen LogP) is 7.51. The van der Waals surface area contributed by atoms with Gasteiger partial charge < -0.3 is 4.57 Å². The van der Waals surface area contributed by atoms with E-state index in [0.717, 1.165) is 33.1 Å². The highest BCUT2D eigenvalue weighted by Crippen LogP contribution is 2.39. The molecule has 0 N–H and O–H groups in total. The van der Waals surface area contributed by atoms with E-state index in [1.54, 1.807) is 12.1 Å². The van der Waals surface area contributed by atoms with E-state index in [1.165, 1.54) is 10.8 Å². The number of nitro groups is 1. The van der Waals surface area contributed by atoms with E-state index in [9.17, 15) is 10.1 Å². The molecule has 4 heteroatoms. The van der Waals surface area contributed by atoms with Crippen molar-refractivity contribution < 1.29 is 4.92 Å². The summed E-state index contributed by atoms with van der Waals surface area (Å²) in [7, 11) is 0. The van der Waals surface area contributed by atoms with Crippen LogP contribution in [-0.2, 0) is 0 Å². The molecule has 0 saturated carbocycles. The smallest absolute Gasteiger partial charge is 0.277 e. The van der Waals surface area contributed by atoms with Crippen molar-refractivity contribution >= 4 is 38.3 Å². The van der Waals surface area contributed by atoms with Crippen molar-refractivity contribution in [3.05, 3.63) is 119 Å². The molecule has 5 aromatic carbocycles. The first-order valence-corrected chi connectivity index (χ1v) is 10.5. The van der Waals surface area contributed by atoms with Gasteiger partial charge in [0, 0.05) is 27.9 Å². The lowest BCUT2D eigenvalue weighted by Crippen LogP contribution is -1.95. The van der Waals surface area contributed by atoms with Crippen molar-refractivity contribution in [2.45, 2.75) is 0 Å². The lowest BCUT2D eigenvalue weighted by Gasteiger charge is -2.10. The number of aromatic nitrogens is 1. The Morgan fingerprint density at radius 1 is 0.656 bits per heavy atom. The number of para-hydroxylation sites is 2. The minimum Gasteiger partial charge on any atom is -0.309 e. The third-order valence-electron chi connectivity index (χ3n) is 6.08. The van der Waals surface area contributed by atoms with Gasteiger partial charge in [-0.3, -0.25) is 10.1 Å². The largest absolute Gasteiger partial charge is 0.309 e. The zero-order chi connectivity index (χ0) is 21.7. The number of benzene rings is 5. The van der Waals surface area contributed by atoms with E-state index in [2.05, 4.69) is 65.2 Å². The Bertz CT molecular complexity index is 1650. The summed E-state index contributed by atoms with van der Waals surface area (Å²) in [6.07, 6.45) is 0. The number of fused-ring (bicyclic) bond motifs is 5. The molecule has 6 rings (SSSR count). The molecular weight excluding hydrogens is 396 g/mol.